The number of nitrogens with zero attached hydrogens (tertiary/aromatic N) is 1. The summed E-state index contributed by atoms with van der Waals surface area (Å²) in [4.78, 5) is 13.4. The number of ether oxygens (including phenoxy) is 1. The zero-order valence-electron chi connectivity index (χ0n) is 21.2. The van der Waals surface area contributed by atoms with E-state index in [9.17, 15) is 13.2 Å². The number of aryl methyl sites for hydroxylation is 1. The Bertz CT molecular complexity index is 1300. The van der Waals surface area contributed by atoms with Gasteiger partial charge in [0.15, 0.2) is 0 Å². The van der Waals surface area contributed by atoms with Crippen molar-refractivity contribution in [1.82, 2.24) is 0 Å². The second-order valence-corrected chi connectivity index (χ2v) is 11.6. The summed E-state index contributed by atoms with van der Waals surface area (Å²) < 4.78 is 33.0. The van der Waals surface area contributed by atoms with Crippen molar-refractivity contribution in [2.45, 2.75) is 51.4 Å². The lowest BCUT2D eigenvalue weighted by Gasteiger charge is -2.27. The minimum atomic E-state index is -3.92. The molecule has 0 bridgehead atoms. The molecule has 3 rings (SSSR count). The number of hydrogen-bond donors (Lipinski definition) is 1. The first kappa shape index (κ1) is 27.2. The molecular formula is C29H34N2O4S. The van der Waals surface area contributed by atoms with Gasteiger partial charge in [-0.05, 0) is 56.9 Å². The molecule has 0 radical (unpaired) electrons. The molecule has 190 valence electrons. The second kappa shape index (κ2) is 11.5. The highest BCUT2D eigenvalue weighted by Crippen LogP contribution is 2.34. The average Bonchev–Trinajstić information content (AvgIpc) is 2.81. The molecule has 0 unspecified atom stereocenters. The molecule has 0 fully saturated rings. The largest absolute Gasteiger partial charge is 0.459 e. The maximum Gasteiger partial charge on any atom is 0.314 e. The number of carbonyl (C=O) groups excluding carboxylic acids is 1. The van der Waals surface area contributed by atoms with Crippen LogP contribution in [0.2, 0.25) is 0 Å². The molecule has 0 spiro atoms. The van der Waals surface area contributed by atoms with Crippen LogP contribution in [0.15, 0.2) is 84.9 Å². The number of rotatable bonds is 9. The van der Waals surface area contributed by atoms with Gasteiger partial charge in [-0.25, -0.2) is 18.7 Å². The van der Waals surface area contributed by atoms with E-state index < -0.39 is 27.5 Å². The van der Waals surface area contributed by atoms with Gasteiger partial charge in [-0.1, -0.05) is 90.5 Å². The van der Waals surface area contributed by atoms with Crippen LogP contribution in [0.4, 0.5) is 5.69 Å². The van der Waals surface area contributed by atoms with Crippen LogP contribution in [0.3, 0.4) is 0 Å². The van der Waals surface area contributed by atoms with E-state index in [0.29, 0.717) is 17.5 Å². The monoisotopic (exact) mass is 506 g/mol. The minimum absolute atomic E-state index is 0.250. The number of hydrazine groups is 1. The second-order valence-electron chi connectivity index (χ2n) is 9.73. The number of allylic oxidation sites excluding steroid dienone is 1. The topological polar surface area (TPSA) is 89.7 Å². The van der Waals surface area contributed by atoms with Crippen LogP contribution in [-0.2, 0) is 25.3 Å². The molecule has 0 aliphatic heterocycles. The van der Waals surface area contributed by atoms with Gasteiger partial charge >= 0.3 is 5.97 Å². The molecule has 6 nitrogen and oxygen atoms in total. The van der Waals surface area contributed by atoms with Gasteiger partial charge in [0.25, 0.3) is 10.0 Å². The van der Waals surface area contributed by atoms with Gasteiger partial charge < -0.3 is 4.74 Å². The van der Waals surface area contributed by atoms with Gasteiger partial charge in [0.1, 0.15) is 5.60 Å². The summed E-state index contributed by atoms with van der Waals surface area (Å²) in [7, 11) is -3.92. The minimum Gasteiger partial charge on any atom is -0.459 e. The third kappa shape index (κ3) is 7.54. The van der Waals surface area contributed by atoms with Gasteiger partial charge in [0, 0.05) is 0 Å². The van der Waals surface area contributed by atoms with Crippen molar-refractivity contribution < 1.29 is 17.9 Å². The number of benzene rings is 3. The molecule has 0 saturated carbocycles. The summed E-state index contributed by atoms with van der Waals surface area (Å²) in [5.41, 5.74) is 2.54. The zero-order chi connectivity index (χ0) is 26.3. The van der Waals surface area contributed by atoms with E-state index in [1.165, 1.54) is 0 Å². The van der Waals surface area contributed by atoms with Crippen LogP contribution < -0.4 is 10.3 Å². The van der Waals surface area contributed by atoms with Crippen molar-refractivity contribution in [3.8, 4) is 0 Å². The molecule has 0 aromatic heterocycles. The fourth-order valence-corrected chi connectivity index (χ4v) is 5.00. The molecule has 0 heterocycles. The summed E-state index contributed by atoms with van der Waals surface area (Å²) in [5.74, 6) is 4.77. The van der Waals surface area contributed by atoms with Crippen LogP contribution in [-0.4, -0.2) is 20.0 Å². The van der Waals surface area contributed by atoms with E-state index in [2.05, 4.69) is 0 Å². The SMILES string of the molecule is Cc1ccc(N(N)S(=O)(=O)Cc2ccccc2)c([C@H](C/C=C/c2ccccc2)C(=O)OC(C)(C)C)c1. The lowest BCUT2D eigenvalue weighted by molar-refractivity contribution is -0.156. The summed E-state index contributed by atoms with van der Waals surface area (Å²) in [6.45, 7) is 7.30. The zero-order valence-corrected chi connectivity index (χ0v) is 22.0. The van der Waals surface area contributed by atoms with Crippen molar-refractivity contribution in [2.24, 2.45) is 5.84 Å². The Balaban J connectivity index is 2.00. The van der Waals surface area contributed by atoms with Crippen LogP contribution in [0.5, 0.6) is 0 Å². The highest BCUT2D eigenvalue weighted by atomic mass is 32.2. The summed E-state index contributed by atoms with van der Waals surface area (Å²) in [5, 5.41) is 0. The average molecular weight is 507 g/mol. The molecule has 0 aliphatic rings. The Labute approximate surface area is 214 Å². The van der Waals surface area contributed by atoms with E-state index in [1.807, 2.05) is 55.5 Å². The summed E-state index contributed by atoms with van der Waals surface area (Å²) in [6, 6.07) is 23.8. The number of hydrogen-bond acceptors (Lipinski definition) is 5. The summed E-state index contributed by atoms with van der Waals surface area (Å²) >= 11 is 0. The Morgan fingerprint density at radius 2 is 1.61 bits per heavy atom. The number of carbonyl (C=O) groups is 1. The fraction of sp³-hybridized carbons (Fsp3) is 0.276. The van der Waals surface area contributed by atoms with Crippen LogP contribution >= 0.6 is 0 Å². The Hall–Kier alpha value is -3.42. The highest BCUT2D eigenvalue weighted by molar-refractivity contribution is 7.91. The van der Waals surface area contributed by atoms with Crippen molar-refractivity contribution >= 4 is 27.8 Å². The van der Waals surface area contributed by atoms with Crippen LogP contribution in [0.1, 0.15) is 55.4 Å². The number of nitrogens with two attached hydrogens (primary N) is 1. The summed E-state index contributed by atoms with van der Waals surface area (Å²) in [6.07, 6.45) is 4.14. The van der Waals surface area contributed by atoms with Gasteiger partial charge in [-0.3, -0.25) is 4.79 Å². The molecule has 1 atom stereocenters. The maximum absolute atomic E-state index is 13.4. The van der Waals surface area contributed by atoms with E-state index in [0.717, 1.165) is 15.5 Å². The molecule has 2 N–H and O–H groups in total. The molecule has 0 aliphatic carbocycles. The van der Waals surface area contributed by atoms with Gasteiger partial charge in [0.2, 0.25) is 0 Å². The molecule has 0 saturated heterocycles. The molecule has 7 heteroatoms. The van der Waals surface area contributed by atoms with Gasteiger partial charge in [0.05, 0.1) is 17.4 Å². The number of anilines is 1. The predicted molar refractivity (Wildman–Crippen MR) is 146 cm³/mol. The van der Waals surface area contributed by atoms with E-state index in [-0.39, 0.29) is 11.4 Å². The standard InChI is InChI=1S/C29H34N2O4S/c1-22-18-19-27(31(30)36(33,34)21-24-14-9-6-10-15-24)26(20-22)25(28(32)35-29(2,3)4)17-11-16-23-12-7-5-8-13-23/h5-16,18-20,25H,17,21,30H2,1-4H3/b16-11+/t25-/m0/s1. The van der Waals surface area contributed by atoms with E-state index >= 15 is 0 Å². The first-order valence-electron chi connectivity index (χ1n) is 11.8. The molecule has 0 amide bonds. The Morgan fingerprint density at radius 1 is 1.00 bits per heavy atom. The van der Waals surface area contributed by atoms with Crippen molar-refractivity contribution in [1.29, 1.82) is 0 Å². The van der Waals surface area contributed by atoms with E-state index in [1.54, 1.807) is 63.2 Å². The van der Waals surface area contributed by atoms with Gasteiger partial charge in [-0.2, -0.15) is 0 Å². The number of sulfonamides is 1. The smallest absolute Gasteiger partial charge is 0.314 e. The molecule has 3 aromatic rings. The van der Waals surface area contributed by atoms with Crippen LogP contribution in [0, 0.1) is 6.92 Å². The normalized spacial score (nSPS) is 12.9. The maximum atomic E-state index is 13.4. The highest BCUT2D eigenvalue weighted by Gasteiger charge is 2.31. The van der Waals surface area contributed by atoms with Crippen molar-refractivity contribution in [3.63, 3.8) is 0 Å². The van der Waals surface area contributed by atoms with Crippen molar-refractivity contribution in [2.75, 3.05) is 4.41 Å². The quantitative estimate of drug-likeness (QED) is 0.227. The third-order valence-corrected chi connectivity index (χ3v) is 6.95. The van der Waals surface area contributed by atoms with Crippen molar-refractivity contribution in [3.05, 3.63) is 107 Å². The van der Waals surface area contributed by atoms with E-state index in [4.69, 9.17) is 10.6 Å². The Morgan fingerprint density at radius 3 is 2.22 bits per heavy atom. The Kier molecular flexibility index (Phi) is 8.71. The first-order chi connectivity index (χ1) is 17.0. The fourth-order valence-electron chi connectivity index (χ4n) is 3.79. The third-order valence-electron chi connectivity index (χ3n) is 5.46. The van der Waals surface area contributed by atoms with Crippen LogP contribution in [0.25, 0.3) is 6.08 Å². The predicted octanol–water partition coefficient (Wildman–Crippen LogP) is 5.73. The lowest BCUT2D eigenvalue weighted by atomic mass is 9.92. The molecular weight excluding hydrogens is 472 g/mol. The first-order valence-corrected chi connectivity index (χ1v) is 13.4. The molecule has 36 heavy (non-hydrogen) atoms. The number of esters is 1. The van der Waals surface area contributed by atoms with Gasteiger partial charge in [-0.15, -0.1) is 0 Å². The lowest BCUT2D eigenvalue weighted by Crippen LogP contribution is -2.39. The molecule has 3 aromatic carbocycles.